The lowest BCUT2D eigenvalue weighted by molar-refractivity contribution is -0.228. The first-order valence-corrected chi connectivity index (χ1v) is 21.4. The summed E-state index contributed by atoms with van der Waals surface area (Å²) in [6.07, 6.45) is 4.61. The molecule has 4 unspecified atom stereocenters. The molecule has 318 valence electrons. The molecule has 1 amide bonds. The van der Waals surface area contributed by atoms with Crippen molar-refractivity contribution in [2.75, 3.05) is 59.0 Å². The molecular formula is C46H54N4O10. The molecule has 2 saturated carbocycles. The fourth-order valence-electron chi connectivity index (χ4n) is 15.0. The van der Waals surface area contributed by atoms with E-state index in [1.54, 1.807) is 6.07 Å². The van der Waals surface area contributed by atoms with Gasteiger partial charge in [0.25, 0.3) is 0 Å². The minimum atomic E-state index is -2.54. The summed E-state index contributed by atoms with van der Waals surface area (Å²) in [5.41, 5.74) is -3.99. The Bertz CT molecular complexity index is 2300. The van der Waals surface area contributed by atoms with Gasteiger partial charge in [-0.2, -0.15) is 0 Å². The number of aliphatic imine (C=N–C) groups is 1. The molecule has 2 spiro atoms. The fraction of sp³-hybridized carbons (Fsp3) is 0.587. The van der Waals surface area contributed by atoms with E-state index in [1.807, 2.05) is 43.3 Å². The first-order chi connectivity index (χ1) is 28.8. The number of methoxy groups -OCH3 is 3. The molecule has 2 aromatic carbocycles. The second-order valence-corrected chi connectivity index (χ2v) is 18.5. The van der Waals surface area contributed by atoms with Crippen molar-refractivity contribution in [3.05, 3.63) is 65.2 Å². The van der Waals surface area contributed by atoms with Crippen molar-refractivity contribution in [3.8, 4) is 5.75 Å². The Morgan fingerprint density at radius 2 is 1.73 bits per heavy atom. The summed E-state index contributed by atoms with van der Waals surface area (Å²) in [5, 5.41) is 26.1. The SMILES string of the molecule is CCC12CN3CC[C@@]14C(=Nc1ccccc14)[C@@](C(=O)OC)(c1cc4c(cc1OC)N(C=O)[C@H]1[C@@](O)(C(=O)OC)[C@H](OC(C)=O)[C@]5(CC)C=CCN6CC[C@]41[C@@H]65)CC(C3)C2O. The molecule has 14 nitrogen and oxygen atoms in total. The van der Waals surface area contributed by atoms with Crippen molar-refractivity contribution >= 4 is 41.4 Å². The third-order valence-corrected chi connectivity index (χ3v) is 16.9. The number of aliphatic hydroxyl groups excluding tert-OH is 1. The highest BCUT2D eigenvalue weighted by Crippen LogP contribution is 2.70. The number of carbonyl (C=O) groups excluding carboxylic acids is 4. The number of hydrogen-bond donors (Lipinski definition) is 2. The van der Waals surface area contributed by atoms with Crippen LogP contribution in [0, 0.1) is 16.7 Å². The predicted molar refractivity (Wildman–Crippen MR) is 218 cm³/mol. The number of benzene rings is 2. The van der Waals surface area contributed by atoms with Gasteiger partial charge in [0.05, 0.1) is 50.6 Å². The summed E-state index contributed by atoms with van der Waals surface area (Å²) in [7, 11) is 4.08. The maximum absolute atomic E-state index is 15.4. The quantitative estimate of drug-likeness (QED) is 0.173. The number of fused-ring (bicyclic) bond motifs is 4. The molecule has 0 aromatic heterocycles. The highest BCUT2D eigenvalue weighted by molar-refractivity contribution is 6.21. The van der Waals surface area contributed by atoms with Gasteiger partial charge in [-0.3, -0.25) is 24.3 Å². The minimum Gasteiger partial charge on any atom is -0.496 e. The maximum atomic E-state index is 15.4. The molecule has 60 heavy (non-hydrogen) atoms. The average Bonchev–Trinajstić information content (AvgIpc) is 3.92. The van der Waals surface area contributed by atoms with E-state index >= 15 is 4.79 Å². The molecule has 8 aliphatic rings. The van der Waals surface area contributed by atoms with E-state index < -0.39 is 74.9 Å². The standard InChI is InChI=1S/C46H54N4O10/c1-7-41-14-11-17-49-19-15-43(36(41)49)29-20-30(33(57-4)21-32(29)50(25-51)37(43)46(56,40(55)59-6)38(41)60-26(3)52)44(39(54)58-5)22-27-23-48-18-16-45(42(8-2,24-48)34(27)53)28-12-9-10-13-31(28)47-35(44)45/h9-14,20-21,25,27,34,36-38,53,56H,7-8,15-19,22-24H2,1-6H3/t27?,34?,36-,37+,38+,41+,42?,43+,44-,45+,46-/m0/s1. The van der Waals surface area contributed by atoms with Gasteiger partial charge >= 0.3 is 17.9 Å². The zero-order valence-electron chi connectivity index (χ0n) is 35.1. The number of nitrogens with zero attached hydrogens (tertiary/aromatic N) is 4. The van der Waals surface area contributed by atoms with E-state index in [0.717, 1.165) is 17.8 Å². The second-order valence-electron chi connectivity index (χ2n) is 18.5. The van der Waals surface area contributed by atoms with Crippen molar-refractivity contribution in [2.24, 2.45) is 21.7 Å². The van der Waals surface area contributed by atoms with Gasteiger partial charge in [0.1, 0.15) is 11.2 Å². The van der Waals surface area contributed by atoms with Crippen molar-refractivity contribution in [3.63, 3.8) is 0 Å². The van der Waals surface area contributed by atoms with Gasteiger partial charge in [0.15, 0.2) is 6.10 Å². The van der Waals surface area contributed by atoms with Crippen LogP contribution < -0.4 is 9.64 Å². The van der Waals surface area contributed by atoms with E-state index in [9.17, 15) is 24.6 Å². The Morgan fingerprint density at radius 3 is 2.42 bits per heavy atom. The second kappa shape index (κ2) is 12.9. The number of amides is 1. The normalized spacial score (nSPS) is 41.2. The number of rotatable bonds is 8. The van der Waals surface area contributed by atoms with Crippen molar-refractivity contribution < 1.29 is 48.3 Å². The van der Waals surface area contributed by atoms with Crippen molar-refractivity contribution in [2.45, 2.75) is 99.0 Å². The van der Waals surface area contributed by atoms with Crippen LogP contribution in [0.4, 0.5) is 11.4 Å². The third-order valence-electron chi connectivity index (χ3n) is 16.9. The number of esters is 3. The van der Waals surface area contributed by atoms with Gasteiger partial charge < -0.3 is 39.0 Å². The zero-order valence-corrected chi connectivity index (χ0v) is 35.1. The summed E-state index contributed by atoms with van der Waals surface area (Å²) < 4.78 is 23.7. The van der Waals surface area contributed by atoms with E-state index in [1.165, 1.54) is 33.2 Å². The summed E-state index contributed by atoms with van der Waals surface area (Å²) in [6.45, 7) is 8.41. The van der Waals surface area contributed by atoms with Gasteiger partial charge in [-0.25, -0.2) is 4.79 Å². The number of aliphatic hydroxyl groups is 2. The molecule has 6 heterocycles. The van der Waals surface area contributed by atoms with Crippen LogP contribution in [0.2, 0.25) is 0 Å². The lowest BCUT2D eigenvalue weighted by atomic mass is 9.47. The van der Waals surface area contributed by atoms with Gasteiger partial charge in [-0.05, 0) is 74.4 Å². The molecule has 3 bridgehead atoms. The molecule has 3 saturated heterocycles. The Hall–Kier alpha value is -4.63. The van der Waals surface area contributed by atoms with Gasteiger partial charge in [0, 0.05) is 65.9 Å². The minimum absolute atomic E-state index is 0.175. The topological polar surface area (TPSA) is 168 Å². The van der Waals surface area contributed by atoms with Crippen LogP contribution in [0.1, 0.15) is 69.6 Å². The molecule has 2 aliphatic carbocycles. The van der Waals surface area contributed by atoms with Crippen LogP contribution in [0.5, 0.6) is 5.75 Å². The fourth-order valence-corrected chi connectivity index (χ4v) is 15.0. The van der Waals surface area contributed by atoms with E-state index in [4.69, 9.17) is 23.9 Å². The van der Waals surface area contributed by atoms with Crippen molar-refractivity contribution in [1.29, 1.82) is 0 Å². The number of hydrogen-bond acceptors (Lipinski definition) is 13. The molecule has 5 fully saturated rings. The maximum Gasteiger partial charge on any atom is 0.344 e. The van der Waals surface area contributed by atoms with Crippen LogP contribution in [-0.2, 0) is 49.6 Å². The first kappa shape index (κ1) is 39.5. The van der Waals surface area contributed by atoms with Gasteiger partial charge in [-0.15, -0.1) is 0 Å². The smallest absolute Gasteiger partial charge is 0.344 e. The molecule has 2 N–H and O–H groups in total. The Labute approximate surface area is 349 Å². The van der Waals surface area contributed by atoms with Crippen LogP contribution in [0.25, 0.3) is 0 Å². The zero-order chi connectivity index (χ0) is 42.4. The van der Waals surface area contributed by atoms with Crippen LogP contribution in [0.15, 0.2) is 53.5 Å². The lowest BCUT2D eigenvalue weighted by Gasteiger charge is -2.63. The largest absolute Gasteiger partial charge is 0.496 e. The Kier molecular flexibility index (Phi) is 8.52. The molecule has 12 atom stereocenters. The third kappa shape index (κ3) is 4.21. The number of ether oxygens (including phenoxy) is 4. The molecular weight excluding hydrogens is 769 g/mol. The van der Waals surface area contributed by atoms with Crippen LogP contribution in [0.3, 0.4) is 0 Å². The summed E-state index contributed by atoms with van der Waals surface area (Å²) >= 11 is 0. The van der Waals surface area contributed by atoms with Gasteiger partial charge in [0.2, 0.25) is 12.0 Å². The number of carbonyl (C=O) groups is 4. The Morgan fingerprint density at radius 1 is 0.967 bits per heavy atom. The van der Waals surface area contributed by atoms with Gasteiger partial charge in [-0.1, -0.05) is 44.2 Å². The van der Waals surface area contributed by atoms with E-state index in [2.05, 4.69) is 22.8 Å². The molecule has 14 heteroatoms. The van der Waals surface area contributed by atoms with E-state index in [-0.39, 0.29) is 12.3 Å². The highest BCUT2D eigenvalue weighted by atomic mass is 16.6. The monoisotopic (exact) mass is 822 g/mol. The molecule has 0 radical (unpaired) electrons. The predicted octanol–water partition coefficient (Wildman–Crippen LogP) is 3.10. The van der Waals surface area contributed by atoms with E-state index in [0.29, 0.717) is 86.5 Å². The molecule has 2 aromatic rings. The summed E-state index contributed by atoms with van der Waals surface area (Å²) in [5.74, 6) is -2.31. The lowest BCUT2D eigenvalue weighted by Crippen LogP contribution is -2.81. The average molecular weight is 823 g/mol. The summed E-state index contributed by atoms with van der Waals surface area (Å²) in [6, 6.07) is 9.96. The molecule has 10 rings (SSSR count). The highest BCUT2D eigenvalue weighted by Gasteiger charge is 2.81. The van der Waals surface area contributed by atoms with Crippen LogP contribution in [-0.4, -0.2) is 134 Å². The number of piperidine rings is 2. The number of anilines is 1. The van der Waals surface area contributed by atoms with Crippen LogP contribution >= 0.6 is 0 Å². The first-order valence-electron chi connectivity index (χ1n) is 21.4. The number of para-hydroxylation sites is 1. The Balaban J connectivity index is 1.31. The van der Waals surface area contributed by atoms with Crippen molar-refractivity contribution in [1.82, 2.24) is 9.80 Å². The summed E-state index contributed by atoms with van der Waals surface area (Å²) in [4.78, 5) is 68.2. The molecule has 6 aliphatic heterocycles.